The Kier molecular flexibility index (Phi) is 4.32. The average Bonchev–Trinajstić information content (AvgIpc) is 2.93. The molecule has 1 aliphatic carbocycles. The lowest BCUT2D eigenvalue weighted by molar-refractivity contribution is -0.148. The quantitative estimate of drug-likeness (QED) is 0.931. The van der Waals surface area contributed by atoms with Crippen LogP contribution in [0.1, 0.15) is 56.8 Å². The first-order valence-electron chi connectivity index (χ1n) is 8.62. The van der Waals surface area contributed by atoms with Crippen molar-refractivity contribution in [2.24, 2.45) is 0 Å². The molecule has 1 aromatic rings. The molecule has 0 atom stereocenters. The van der Waals surface area contributed by atoms with Crippen LogP contribution in [0.2, 0.25) is 0 Å². The summed E-state index contributed by atoms with van der Waals surface area (Å²) < 4.78 is 6.43. The maximum atomic E-state index is 11.9. The van der Waals surface area contributed by atoms with E-state index >= 15 is 0 Å². The van der Waals surface area contributed by atoms with Gasteiger partial charge in [0.05, 0.1) is 16.8 Å². The summed E-state index contributed by atoms with van der Waals surface area (Å²) in [5.74, 6) is 0.863. The molecule has 1 amide bonds. The summed E-state index contributed by atoms with van der Waals surface area (Å²) in [5.41, 5.74) is 0.406. The molecule has 126 valence electrons. The average molecular weight is 317 g/mol. The Labute approximate surface area is 138 Å². The lowest BCUT2D eigenvalue weighted by Gasteiger charge is -2.49. The van der Waals surface area contributed by atoms with Crippen LogP contribution in [0.5, 0.6) is 0 Å². The first-order chi connectivity index (χ1) is 10.9. The number of amides is 1. The fraction of sp³-hybridized carbons (Fsp3) is 0.667. The van der Waals surface area contributed by atoms with Gasteiger partial charge in [0.25, 0.3) is 5.91 Å². The van der Waals surface area contributed by atoms with Crippen LogP contribution in [0.25, 0.3) is 0 Å². The highest BCUT2D eigenvalue weighted by atomic mass is 16.5. The molecule has 2 fully saturated rings. The molecule has 0 aromatic carbocycles. The molecule has 0 unspecified atom stereocenters. The van der Waals surface area contributed by atoms with E-state index in [0.29, 0.717) is 12.1 Å². The first kappa shape index (κ1) is 16.2. The monoisotopic (exact) mass is 317 g/mol. The van der Waals surface area contributed by atoms with E-state index in [0.717, 1.165) is 31.7 Å². The van der Waals surface area contributed by atoms with Gasteiger partial charge >= 0.3 is 0 Å². The van der Waals surface area contributed by atoms with Gasteiger partial charge in [-0.05, 0) is 45.7 Å². The normalized spacial score (nSPS) is 22.3. The molecule has 1 aliphatic heterocycles. The maximum Gasteiger partial charge on any atom is 0.252 e. The Bertz CT molecular complexity index is 562. The standard InChI is InChI=1S/C18H27N3O2/c1-4-19-16(22)14-7-8-15(20-11-14)21-12-17(2,3)23-18(13-21)9-5-6-10-18/h7-8,11H,4-6,9-10,12-13H2,1-3H3,(H,19,22). The Morgan fingerprint density at radius 3 is 2.65 bits per heavy atom. The second-order valence-corrected chi connectivity index (χ2v) is 7.37. The van der Waals surface area contributed by atoms with Gasteiger partial charge in [0.15, 0.2) is 0 Å². The molecule has 1 aromatic heterocycles. The van der Waals surface area contributed by atoms with Crippen LogP contribution < -0.4 is 10.2 Å². The zero-order valence-electron chi connectivity index (χ0n) is 14.4. The second-order valence-electron chi connectivity index (χ2n) is 7.37. The highest BCUT2D eigenvalue weighted by Gasteiger charge is 2.46. The zero-order valence-corrected chi connectivity index (χ0v) is 14.4. The topological polar surface area (TPSA) is 54.5 Å². The molecule has 0 bridgehead atoms. The molecule has 5 heteroatoms. The zero-order chi connectivity index (χ0) is 16.5. The van der Waals surface area contributed by atoms with E-state index in [1.165, 1.54) is 12.8 Å². The van der Waals surface area contributed by atoms with Gasteiger partial charge in [0.1, 0.15) is 5.82 Å². The van der Waals surface area contributed by atoms with E-state index in [-0.39, 0.29) is 17.1 Å². The van der Waals surface area contributed by atoms with Crippen molar-refractivity contribution in [3.05, 3.63) is 23.9 Å². The highest BCUT2D eigenvalue weighted by molar-refractivity contribution is 5.94. The van der Waals surface area contributed by atoms with Crippen LogP contribution in [0, 0.1) is 0 Å². The van der Waals surface area contributed by atoms with Crippen molar-refractivity contribution in [2.75, 3.05) is 24.5 Å². The second kappa shape index (κ2) is 6.11. The summed E-state index contributed by atoms with van der Waals surface area (Å²) in [4.78, 5) is 18.7. The van der Waals surface area contributed by atoms with Crippen molar-refractivity contribution in [1.29, 1.82) is 0 Å². The van der Waals surface area contributed by atoms with Gasteiger partial charge in [-0.15, -0.1) is 0 Å². The smallest absolute Gasteiger partial charge is 0.252 e. The molecule has 1 saturated carbocycles. The number of ether oxygens (including phenoxy) is 1. The van der Waals surface area contributed by atoms with Crippen molar-refractivity contribution in [2.45, 2.75) is 57.7 Å². The van der Waals surface area contributed by atoms with Crippen molar-refractivity contribution < 1.29 is 9.53 Å². The number of carbonyl (C=O) groups excluding carboxylic acids is 1. The SMILES string of the molecule is CCNC(=O)c1ccc(N2CC(C)(C)OC3(CCCC3)C2)nc1. The van der Waals surface area contributed by atoms with Crippen LogP contribution in [0.15, 0.2) is 18.3 Å². The predicted octanol–water partition coefficient (Wildman–Crippen LogP) is 2.76. The summed E-state index contributed by atoms with van der Waals surface area (Å²) in [6.45, 7) is 8.56. The molecule has 2 aliphatic rings. The summed E-state index contributed by atoms with van der Waals surface area (Å²) in [5, 5.41) is 2.80. The number of nitrogens with zero attached hydrogens (tertiary/aromatic N) is 2. The number of pyridine rings is 1. The van der Waals surface area contributed by atoms with Gasteiger partial charge in [0, 0.05) is 25.8 Å². The summed E-state index contributed by atoms with van der Waals surface area (Å²) in [6, 6.07) is 3.81. The predicted molar refractivity (Wildman–Crippen MR) is 90.8 cm³/mol. The minimum atomic E-state index is -0.178. The van der Waals surface area contributed by atoms with Crippen LogP contribution in [0.3, 0.4) is 0 Å². The van der Waals surface area contributed by atoms with E-state index < -0.39 is 0 Å². The van der Waals surface area contributed by atoms with Crippen molar-refractivity contribution in [3.8, 4) is 0 Å². The fourth-order valence-corrected chi connectivity index (χ4v) is 3.93. The minimum absolute atomic E-state index is 0.0261. The Morgan fingerprint density at radius 1 is 1.30 bits per heavy atom. The van der Waals surface area contributed by atoms with E-state index in [1.807, 2.05) is 19.1 Å². The summed E-state index contributed by atoms with van der Waals surface area (Å²) in [7, 11) is 0. The third-order valence-electron chi connectivity index (χ3n) is 4.73. The minimum Gasteiger partial charge on any atom is -0.365 e. The van der Waals surface area contributed by atoms with Gasteiger partial charge in [-0.1, -0.05) is 12.8 Å². The molecule has 1 saturated heterocycles. The fourth-order valence-electron chi connectivity index (χ4n) is 3.93. The Morgan fingerprint density at radius 2 is 2.04 bits per heavy atom. The molecule has 23 heavy (non-hydrogen) atoms. The lowest BCUT2D eigenvalue weighted by Crippen LogP contribution is -2.59. The van der Waals surface area contributed by atoms with E-state index in [4.69, 9.17) is 4.74 Å². The van der Waals surface area contributed by atoms with Crippen LogP contribution in [0.4, 0.5) is 5.82 Å². The number of morpholine rings is 1. The molecule has 2 heterocycles. The Balaban J connectivity index is 1.78. The molecule has 1 spiro atoms. The molecule has 0 radical (unpaired) electrons. The van der Waals surface area contributed by atoms with Crippen molar-refractivity contribution >= 4 is 11.7 Å². The summed E-state index contributed by atoms with van der Waals surface area (Å²) >= 11 is 0. The van der Waals surface area contributed by atoms with E-state index in [9.17, 15) is 4.79 Å². The van der Waals surface area contributed by atoms with Gasteiger partial charge in [-0.2, -0.15) is 0 Å². The molecule has 1 N–H and O–H groups in total. The molecule has 3 rings (SSSR count). The van der Waals surface area contributed by atoms with Crippen LogP contribution in [-0.2, 0) is 4.74 Å². The van der Waals surface area contributed by atoms with Crippen LogP contribution in [-0.4, -0.2) is 41.7 Å². The van der Waals surface area contributed by atoms with Gasteiger partial charge < -0.3 is 15.0 Å². The van der Waals surface area contributed by atoms with Crippen LogP contribution >= 0.6 is 0 Å². The number of hydrogen-bond donors (Lipinski definition) is 1. The van der Waals surface area contributed by atoms with Crippen molar-refractivity contribution in [1.82, 2.24) is 10.3 Å². The molecular weight excluding hydrogens is 290 g/mol. The first-order valence-corrected chi connectivity index (χ1v) is 8.62. The summed E-state index contributed by atoms with van der Waals surface area (Å²) in [6.07, 6.45) is 6.42. The third-order valence-corrected chi connectivity index (χ3v) is 4.73. The van der Waals surface area contributed by atoms with Gasteiger partial charge in [-0.3, -0.25) is 4.79 Å². The van der Waals surface area contributed by atoms with Crippen molar-refractivity contribution in [3.63, 3.8) is 0 Å². The van der Waals surface area contributed by atoms with Gasteiger partial charge in [-0.25, -0.2) is 4.98 Å². The van der Waals surface area contributed by atoms with Gasteiger partial charge in [0.2, 0.25) is 0 Å². The van der Waals surface area contributed by atoms with E-state index in [2.05, 4.69) is 29.0 Å². The maximum absolute atomic E-state index is 11.9. The van der Waals surface area contributed by atoms with E-state index in [1.54, 1.807) is 6.20 Å². The Hall–Kier alpha value is -1.62. The number of nitrogens with one attached hydrogen (secondary N) is 1. The molecule has 5 nitrogen and oxygen atoms in total. The largest absolute Gasteiger partial charge is 0.365 e. The highest BCUT2D eigenvalue weighted by Crippen LogP contribution is 2.41. The lowest BCUT2D eigenvalue weighted by atomic mass is 9.94. The number of carbonyl (C=O) groups is 1. The number of rotatable bonds is 3. The number of aromatic nitrogens is 1. The third kappa shape index (κ3) is 3.50. The molecular formula is C18H27N3O2. The number of anilines is 1. The number of hydrogen-bond acceptors (Lipinski definition) is 4.